The first-order chi connectivity index (χ1) is 8.51. The Balaban J connectivity index is 2.09. The van der Waals surface area contributed by atoms with Gasteiger partial charge in [0.2, 0.25) is 0 Å². The van der Waals surface area contributed by atoms with Crippen LogP contribution in [-0.2, 0) is 9.53 Å². The fourth-order valence-electron chi connectivity index (χ4n) is 1.92. The number of thiophene rings is 1. The number of carboxylic acid groups (broad SMARTS) is 1. The summed E-state index contributed by atoms with van der Waals surface area (Å²) in [7, 11) is 0. The second-order valence-corrected chi connectivity index (χ2v) is 6.67. The largest absolute Gasteiger partial charge is 0.481 e. The molecule has 1 unspecified atom stereocenters. The zero-order valence-corrected chi connectivity index (χ0v) is 11.8. The van der Waals surface area contributed by atoms with Crippen LogP contribution >= 0.6 is 27.3 Å². The van der Waals surface area contributed by atoms with Crippen LogP contribution in [0, 0.1) is 0 Å². The molecular formula is C11H12BrNO4S. The van der Waals surface area contributed by atoms with Gasteiger partial charge in [-0.2, -0.15) is 0 Å². The van der Waals surface area contributed by atoms with Gasteiger partial charge in [0, 0.05) is 6.61 Å². The minimum atomic E-state index is -0.937. The molecule has 2 N–H and O–H groups in total. The molecule has 1 aromatic rings. The standard InChI is InChI=1S/C11H12BrNO4S/c12-8-2-1-7(18-8)10(16)13-11(5-9(14)15)3-4-17-6-11/h1-2H,3-6H2,(H,13,16)(H,14,15). The Bertz CT molecular complexity index is 467. The van der Waals surface area contributed by atoms with E-state index in [1.165, 1.54) is 11.3 Å². The van der Waals surface area contributed by atoms with Crippen LogP contribution in [0.25, 0.3) is 0 Å². The topological polar surface area (TPSA) is 75.6 Å². The summed E-state index contributed by atoms with van der Waals surface area (Å²) in [5, 5.41) is 11.7. The molecule has 0 bridgehead atoms. The molecule has 1 saturated heterocycles. The van der Waals surface area contributed by atoms with Crippen molar-refractivity contribution in [3.63, 3.8) is 0 Å². The Morgan fingerprint density at radius 3 is 2.83 bits per heavy atom. The first-order valence-electron chi connectivity index (χ1n) is 5.38. The zero-order chi connectivity index (χ0) is 13.2. The highest BCUT2D eigenvalue weighted by atomic mass is 79.9. The van der Waals surface area contributed by atoms with Gasteiger partial charge in [0.1, 0.15) is 0 Å². The van der Waals surface area contributed by atoms with Crippen molar-refractivity contribution in [3.8, 4) is 0 Å². The first-order valence-corrected chi connectivity index (χ1v) is 6.99. The summed E-state index contributed by atoms with van der Waals surface area (Å²) in [6.07, 6.45) is 0.406. The minimum Gasteiger partial charge on any atom is -0.481 e. The average molecular weight is 334 g/mol. The van der Waals surface area contributed by atoms with Crippen LogP contribution in [0.2, 0.25) is 0 Å². The zero-order valence-electron chi connectivity index (χ0n) is 9.44. The number of rotatable bonds is 4. The molecule has 0 radical (unpaired) electrons. The second-order valence-electron chi connectivity index (χ2n) is 4.21. The Morgan fingerprint density at radius 2 is 2.33 bits per heavy atom. The predicted molar refractivity (Wildman–Crippen MR) is 69.9 cm³/mol. The van der Waals surface area contributed by atoms with Crippen molar-refractivity contribution in [1.29, 1.82) is 0 Å². The highest BCUT2D eigenvalue weighted by molar-refractivity contribution is 9.11. The van der Waals surface area contributed by atoms with E-state index in [1.807, 2.05) is 0 Å². The number of halogens is 1. The number of carbonyl (C=O) groups is 2. The monoisotopic (exact) mass is 333 g/mol. The number of carboxylic acids is 1. The quantitative estimate of drug-likeness (QED) is 0.882. The summed E-state index contributed by atoms with van der Waals surface area (Å²) in [6, 6.07) is 3.49. The number of hydrogen-bond acceptors (Lipinski definition) is 4. The molecule has 5 nitrogen and oxygen atoms in total. The average Bonchev–Trinajstić information content (AvgIpc) is 2.87. The lowest BCUT2D eigenvalue weighted by molar-refractivity contribution is -0.138. The molecule has 7 heteroatoms. The Morgan fingerprint density at radius 1 is 1.56 bits per heavy atom. The highest BCUT2D eigenvalue weighted by Crippen LogP contribution is 2.26. The van der Waals surface area contributed by atoms with Crippen molar-refractivity contribution in [2.24, 2.45) is 0 Å². The van der Waals surface area contributed by atoms with Gasteiger partial charge in [-0.25, -0.2) is 0 Å². The molecule has 1 amide bonds. The smallest absolute Gasteiger partial charge is 0.305 e. The summed E-state index contributed by atoms with van der Waals surface area (Å²) in [5.41, 5.74) is -0.778. The van der Waals surface area contributed by atoms with Crippen molar-refractivity contribution >= 4 is 39.1 Å². The van der Waals surface area contributed by atoms with Crippen molar-refractivity contribution in [3.05, 3.63) is 20.8 Å². The maximum atomic E-state index is 12.0. The molecule has 2 heterocycles. The van der Waals surface area contributed by atoms with Crippen molar-refractivity contribution in [1.82, 2.24) is 5.32 Å². The fraction of sp³-hybridized carbons (Fsp3) is 0.455. The van der Waals surface area contributed by atoms with E-state index < -0.39 is 11.5 Å². The number of nitrogens with one attached hydrogen (secondary N) is 1. The Kier molecular flexibility index (Phi) is 4.04. The van der Waals surface area contributed by atoms with Gasteiger partial charge in [-0.15, -0.1) is 11.3 Å². The van der Waals surface area contributed by atoms with Crippen LogP contribution in [0.15, 0.2) is 15.9 Å². The lowest BCUT2D eigenvalue weighted by Crippen LogP contribution is -2.50. The van der Waals surface area contributed by atoms with Crippen LogP contribution in [-0.4, -0.2) is 35.7 Å². The van der Waals surface area contributed by atoms with E-state index in [9.17, 15) is 9.59 Å². The third kappa shape index (κ3) is 3.09. The van der Waals surface area contributed by atoms with Gasteiger partial charge < -0.3 is 15.2 Å². The maximum absolute atomic E-state index is 12.0. The van der Waals surface area contributed by atoms with Crippen LogP contribution in [0.4, 0.5) is 0 Å². The van der Waals surface area contributed by atoms with E-state index in [2.05, 4.69) is 21.2 Å². The lowest BCUT2D eigenvalue weighted by atomic mass is 9.94. The highest BCUT2D eigenvalue weighted by Gasteiger charge is 2.38. The Hall–Kier alpha value is -0.920. The normalized spacial score (nSPS) is 22.9. The minimum absolute atomic E-state index is 0.120. The van der Waals surface area contributed by atoms with E-state index in [0.29, 0.717) is 17.9 Å². The van der Waals surface area contributed by atoms with E-state index in [0.717, 1.165) is 3.79 Å². The molecule has 2 rings (SSSR count). The summed E-state index contributed by atoms with van der Waals surface area (Å²) in [5.74, 6) is -1.19. The van der Waals surface area contributed by atoms with Crippen molar-refractivity contribution in [2.45, 2.75) is 18.4 Å². The summed E-state index contributed by atoms with van der Waals surface area (Å²) >= 11 is 4.60. The van der Waals surface area contributed by atoms with Gasteiger partial charge in [0.15, 0.2) is 0 Å². The maximum Gasteiger partial charge on any atom is 0.305 e. The molecular weight excluding hydrogens is 322 g/mol. The number of amides is 1. The number of ether oxygens (including phenoxy) is 1. The van der Waals surface area contributed by atoms with Crippen LogP contribution in [0.3, 0.4) is 0 Å². The third-order valence-corrected chi connectivity index (χ3v) is 4.39. The molecule has 18 heavy (non-hydrogen) atoms. The second kappa shape index (κ2) is 5.38. The van der Waals surface area contributed by atoms with Crippen LogP contribution in [0.1, 0.15) is 22.5 Å². The van der Waals surface area contributed by atoms with E-state index in [-0.39, 0.29) is 18.9 Å². The first kappa shape index (κ1) is 13.5. The fourth-order valence-corrected chi connectivity index (χ4v) is 3.20. The molecule has 0 saturated carbocycles. The molecule has 0 aromatic carbocycles. The van der Waals surface area contributed by atoms with Crippen LogP contribution < -0.4 is 5.32 Å². The van der Waals surface area contributed by atoms with E-state index in [1.54, 1.807) is 12.1 Å². The molecule has 1 atom stereocenters. The Labute approximate surface area is 116 Å². The summed E-state index contributed by atoms with van der Waals surface area (Å²) < 4.78 is 6.08. The van der Waals surface area contributed by atoms with Crippen molar-refractivity contribution < 1.29 is 19.4 Å². The van der Waals surface area contributed by atoms with Gasteiger partial charge in [-0.05, 0) is 34.5 Å². The van der Waals surface area contributed by atoms with Gasteiger partial charge in [-0.1, -0.05) is 0 Å². The van der Waals surface area contributed by atoms with Gasteiger partial charge in [0.25, 0.3) is 5.91 Å². The molecule has 1 aliphatic rings. The molecule has 1 fully saturated rings. The molecule has 0 spiro atoms. The van der Waals surface area contributed by atoms with Crippen LogP contribution in [0.5, 0.6) is 0 Å². The van der Waals surface area contributed by atoms with E-state index in [4.69, 9.17) is 9.84 Å². The number of aliphatic carboxylic acids is 1. The summed E-state index contributed by atoms with van der Waals surface area (Å²) in [4.78, 5) is 23.5. The predicted octanol–water partition coefficient (Wildman–Crippen LogP) is 1.87. The van der Waals surface area contributed by atoms with Crippen molar-refractivity contribution in [2.75, 3.05) is 13.2 Å². The lowest BCUT2D eigenvalue weighted by Gasteiger charge is -2.26. The number of hydrogen-bond donors (Lipinski definition) is 2. The number of carbonyl (C=O) groups excluding carboxylic acids is 1. The van der Waals surface area contributed by atoms with Gasteiger partial charge in [-0.3, -0.25) is 9.59 Å². The molecule has 98 valence electrons. The van der Waals surface area contributed by atoms with Gasteiger partial charge >= 0.3 is 5.97 Å². The molecule has 1 aliphatic heterocycles. The van der Waals surface area contributed by atoms with E-state index >= 15 is 0 Å². The molecule has 1 aromatic heterocycles. The SMILES string of the molecule is O=C(O)CC1(NC(=O)c2ccc(Br)s2)CCOC1. The summed E-state index contributed by atoms with van der Waals surface area (Å²) in [6.45, 7) is 0.722. The van der Waals surface area contributed by atoms with Gasteiger partial charge in [0.05, 0.1) is 27.2 Å². The molecule has 0 aliphatic carbocycles. The third-order valence-electron chi connectivity index (χ3n) is 2.77.